The first-order valence-corrected chi connectivity index (χ1v) is 8.59. The number of amides is 1. The molecule has 0 aromatic heterocycles. The molecule has 0 aliphatic heterocycles. The van der Waals surface area contributed by atoms with Crippen LogP contribution in [0.4, 0.5) is 0 Å². The number of rotatable bonds is 8. The molecule has 0 atom stereocenters. The van der Waals surface area contributed by atoms with Crippen LogP contribution in [0.1, 0.15) is 42.9 Å². The Kier molecular flexibility index (Phi) is 6.86. The van der Waals surface area contributed by atoms with Gasteiger partial charge in [-0.2, -0.15) is 0 Å². The molecule has 1 amide bonds. The Balaban J connectivity index is 1.63. The first kappa shape index (κ1) is 18.1. The van der Waals surface area contributed by atoms with Crippen molar-refractivity contribution in [3.05, 3.63) is 65.2 Å². The largest absolute Gasteiger partial charge is 0.484 e. The predicted molar refractivity (Wildman–Crippen MR) is 98.5 cm³/mol. The topological polar surface area (TPSA) is 38.3 Å². The molecule has 2 aromatic carbocycles. The van der Waals surface area contributed by atoms with Gasteiger partial charge in [0.2, 0.25) is 0 Å². The standard InChI is InChI=1S/C21H27NO2/c1-16(2)19-10-8-18(9-11-19)5-4-14-22-21(23)15-24-20-12-6-17(3)7-13-20/h6-13,16H,4-5,14-15H2,1-3H3,(H,22,23). The lowest BCUT2D eigenvalue weighted by atomic mass is 10.0. The highest BCUT2D eigenvalue weighted by molar-refractivity contribution is 5.77. The summed E-state index contributed by atoms with van der Waals surface area (Å²) in [6.45, 7) is 7.15. The van der Waals surface area contributed by atoms with Gasteiger partial charge in [0.15, 0.2) is 6.61 Å². The van der Waals surface area contributed by atoms with E-state index in [1.807, 2.05) is 31.2 Å². The zero-order valence-corrected chi connectivity index (χ0v) is 14.8. The summed E-state index contributed by atoms with van der Waals surface area (Å²) in [6, 6.07) is 16.4. The van der Waals surface area contributed by atoms with Gasteiger partial charge in [-0.15, -0.1) is 0 Å². The van der Waals surface area contributed by atoms with Crippen molar-refractivity contribution in [2.75, 3.05) is 13.2 Å². The van der Waals surface area contributed by atoms with Crippen molar-refractivity contribution in [2.45, 2.75) is 39.5 Å². The van der Waals surface area contributed by atoms with Gasteiger partial charge in [-0.05, 0) is 48.9 Å². The lowest BCUT2D eigenvalue weighted by Crippen LogP contribution is -2.29. The quantitative estimate of drug-likeness (QED) is 0.737. The Labute approximate surface area is 145 Å². The second-order valence-corrected chi connectivity index (χ2v) is 6.45. The number of hydrogen-bond donors (Lipinski definition) is 1. The van der Waals surface area contributed by atoms with Crippen LogP contribution in [0.5, 0.6) is 5.75 Å². The van der Waals surface area contributed by atoms with Gasteiger partial charge in [-0.25, -0.2) is 0 Å². The van der Waals surface area contributed by atoms with E-state index >= 15 is 0 Å². The number of carbonyl (C=O) groups is 1. The van der Waals surface area contributed by atoms with Gasteiger partial charge < -0.3 is 10.1 Å². The maximum absolute atomic E-state index is 11.8. The Morgan fingerprint density at radius 1 is 1.04 bits per heavy atom. The SMILES string of the molecule is Cc1ccc(OCC(=O)NCCCc2ccc(C(C)C)cc2)cc1. The lowest BCUT2D eigenvalue weighted by Gasteiger charge is -2.09. The zero-order chi connectivity index (χ0) is 17.4. The fraction of sp³-hybridized carbons (Fsp3) is 0.381. The minimum Gasteiger partial charge on any atom is -0.484 e. The third kappa shape index (κ3) is 6.07. The van der Waals surface area contributed by atoms with E-state index in [0.29, 0.717) is 12.5 Å². The average Bonchev–Trinajstić information content (AvgIpc) is 2.58. The molecule has 0 fully saturated rings. The smallest absolute Gasteiger partial charge is 0.257 e. The zero-order valence-electron chi connectivity index (χ0n) is 14.8. The summed E-state index contributed by atoms with van der Waals surface area (Å²) in [5.74, 6) is 1.21. The van der Waals surface area contributed by atoms with Gasteiger partial charge >= 0.3 is 0 Å². The van der Waals surface area contributed by atoms with Crippen LogP contribution in [0.2, 0.25) is 0 Å². The first-order valence-electron chi connectivity index (χ1n) is 8.59. The van der Waals surface area contributed by atoms with E-state index < -0.39 is 0 Å². The van der Waals surface area contributed by atoms with Gasteiger partial charge in [-0.3, -0.25) is 4.79 Å². The van der Waals surface area contributed by atoms with Crippen LogP contribution < -0.4 is 10.1 Å². The van der Waals surface area contributed by atoms with Gasteiger partial charge in [0.1, 0.15) is 5.75 Å². The molecular formula is C21H27NO2. The summed E-state index contributed by atoms with van der Waals surface area (Å²) in [5, 5.41) is 2.90. The second kappa shape index (κ2) is 9.11. The molecule has 128 valence electrons. The molecule has 3 nitrogen and oxygen atoms in total. The number of nitrogens with one attached hydrogen (secondary N) is 1. The average molecular weight is 325 g/mol. The van der Waals surface area contributed by atoms with Crippen LogP contribution in [-0.4, -0.2) is 19.1 Å². The molecule has 0 bridgehead atoms. The second-order valence-electron chi connectivity index (χ2n) is 6.45. The molecule has 2 aromatic rings. The maximum atomic E-state index is 11.8. The molecule has 0 heterocycles. The Bertz CT molecular complexity index is 630. The number of aryl methyl sites for hydroxylation is 2. The number of carbonyl (C=O) groups excluding carboxylic acids is 1. The van der Waals surface area contributed by atoms with E-state index in [1.54, 1.807) is 0 Å². The van der Waals surface area contributed by atoms with E-state index in [4.69, 9.17) is 4.74 Å². The van der Waals surface area contributed by atoms with Crippen LogP contribution >= 0.6 is 0 Å². The molecule has 2 rings (SSSR count). The van der Waals surface area contributed by atoms with E-state index in [1.165, 1.54) is 16.7 Å². The number of hydrogen-bond acceptors (Lipinski definition) is 2. The van der Waals surface area contributed by atoms with Crippen LogP contribution in [0.25, 0.3) is 0 Å². The van der Waals surface area contributed by atoms with Crippen molar-refractivity contribution in [1.82, 2.24) is 5.32 Å². The number of benzene rings is 2. The van der Waals surface area contributed by atoms with Crippen LogP contribution in [0.15, 0.2) is 48.5 Å². The van der Waals surface area contributed by atoms with E-state index in [2.05, 4.69) is 43.4 Å². The van der Waals surface area contributed by atoms with E-state index in [-0.39, 0.29) is 12.5 Å². The minimum absolute atomic E-state index is 0.0617. The molecule has 1 N–H and O–H groups in total. The summed E-state index contributed by atoms with van der Waals surface area (Å²) in [5.41, 5.74) is 3.85. The molecule has 0 saturated heterocycles. The van der Waals surface area contributed by atoms with E-state index in [9.17, 15) is 4.79 Å². The fourth-order valence-electron chi connectivity index (χ4n) is 2.42. The summed E-state index contributed by atoms with van der Waals surface area (Å²) < 4.78 is 5.46. The maximum Gasteiger partial charge on any atom is 0.257 e. The summed E-state index contributed by atoms with van der Waals surface area (Å²) in [7, 11) is 0. The van der Waals surface area contributed by atoms with Crippen molar-refractivity contribution in [3.8, 4) is 5.75 Å². The monoisotopic (exact) mass is 325 g/mol. The minimum atomic E-state index is -0.0780. The molecule has 3 heteroatoms. The summed E-state index contributed by atoms with van der Waals surface area (Å²) >= 11 is 0. The third-order valence-electron chi connectivity index (χ3n) is 4.00. The highest BCUT2D eigenvalue weighted by Gasteiger charge is 2.03. The van der Waals surface area contributed by atoms with Gasteiger partial charge in [0.05, 0.1) is 0 Å². The van der Waals surface area contributed by atoms with Crippen LogP contribution in [0, 0.1) is 6.92 Å². The molecule has 0 aliphatic carbocycles. The Hall–Kier alpha value is -2.29. The normalized spacial score (nSPS) is 10.7. The fourth-order valence-corrected chi connectivity index (χ4v) is 2.42. The molecular weight excluding hydrogens is 298 g/mol. The third-order valence-corrected chi connectivity index (χ3v) is 4.00. The predicted octanol–water partition coefficient (Wildman–Crippen LogP) is 4.25. The highest BCUT2D eigenvalue weighted by atomic mass is 16.5. The van der Waals surface area contributed by atoms with Crippen molar-refractivity contribution >= 4 is 5.91 Å². The molecule has 0 aliphatic rings. The van der Waals surface area contributed by atoms with Gasteiger partial charge in [0.25, 0.3) is 5.91 Å². The molecule has 0 unspecified atom stereocenters. The van der Waals surface area contributed by atoms with Crippen molar-refractivity contribution in [3.63, 3.8) is 0 Å². The summed E-state index contributed by atoms with van der Waals surface area (Å²) in [6.07, 6.45) is 1.90. The highest BCUT2D eigenvalue weighted by Crippen LogP contribution is 2.15. The first-order chi connectivity index (χ1) is 11.5. The summed E-state index contributed by atoms with van der Waals surface area (Å²) in [4.78, 5) is 11.8. The lowest BCUT2D eigenvalue weighted by molar-refractivity contribution is -0.123. The van der Waals surface area contributed by atoms with Crippen molar-refractivity contribution < 1.29 is 9.53 Å². The van der Waals surface area contributed by atoms with E-state index in [0.717, 1.165) is 18.6 Å². The van der Waals surface area contributed by atoms with Crippen molar-refractivity contribution in [1.29, 1.82) is 0 Å². The Morgan fingerprint density at radius 3 is 2.33 bits per heavy atom. The molecule has 24 heavy (non-hydrogen) atoms. The molecule has 0 spiro atoms. The van der Waals surface area contributed by atoms with Crippen molar-refractivity contribution in [2.24, 2.45) is 0 Å². The van der Waals surface area contributed by atoms with Crippen LogP contribution in [0.3, 0.4) is 0 Å². The van der Waals surface area contributed by atoms with Gasteiger partial charge in [0, 0.05) is 6.54 Å². The Morgan fingerprint density at radius 2 is 1.71 bits per heavy atom. The van der Waals surface area contributed by atoms with Gasteiger partial charge in [-0.1, -0.05) is 55.8 Å². The van der Waals surface area contributed by atoms with Crippen LogP contribution in [-0.2, 0) is 11.2 Å². The molecule has 0 radical (unpaired) electrons. The molecule has 0 saturated carbocycles. The number of ether oxygens (including phenoxy) is 1.